The van der Waals surface area contributed by atoms with E-state index in [1.807, 2.05) is 48.6 Å². The van der Waals surface area contributed by atoms with Crippen LogP contribution in [0.4, 0.5) is 0 Å². The van der Waals surface area contributed by atoms with Crippen molar-refractivity contribution in [2.45, 2.75) is 0 Å². The van der Waals surface area contributed by atoms with Gasteiger partial charge in [0.1, 0.15) is 5.75 Å². The predicted octanol–water partition coefficient (Wildman–Crippen LogP) is 2.76. The highest BCUT2D eigenvalue weighted by Crippen LogP contribution is 2.20. The maximum absolute atomic E-state index is 10.6. The third kappa shape index (κ3) is 3.46. The highest BCUT2D eigenvalue weighted by molar-refractivity contribution is 7.67. The monoisotopic (exact) mass is 260 g/mol. The summed E-state index contributed by atoms with van der Waals surface area (Å²) in [5.41, 5.74) is 1.76. The van der Waals surface area contributed by atoms with Crippen molar-refractivity contribution >= 4 is 23.1 Å². The minimum atomic E-state index is -2.89. The van der Waals surface area contributed by atoms with Crippen molar-refractivity contribution in [3.63, 3.8) is 0 Å². The molecule has 0 unspecified atom stereocenters. The van der Waals surface area contributed by atoms with Crippen LogP contribution in [0.1, 0.15) is 11.1 Å². The molecule has 0 spiro atoms. The average Bonchev–Trinajstić information content (AvgIpc) is 2.38. The van der Waals surface area contributed by atoms with Crippen LogP contribution in [0.2, 0.25) is 0 Å². The second-order valence-corrected chi connectivity index (χ2v) is 4.23. The minimum Gasteiger partial charge on any atom is -0.384 e. The van der Waals surface area contributed by atoms with Crippen molar-refractivity contribution in [2.75, 3.05) is 0 Å². The zero-order valence-electron chi connectivity index (χ0n) is 9.52. The molecule has 18 heavy (non-hydrogen) atoms. The summed E-state index contributed by atoms with van der Waals surface area (Å²) >= 11 is 0. The Balaban J connectivity index is 2.26. The molecule has 0 saturated carbocycles. The van der Waals surface area contributed by atoms with Crippen molar-refractivity contribution in [3.05, 3.63) is 65.7 Å². The van der Waals surface area contributed by atoms with Crippen molar-refractivity contribution in [2.24, 2.45) is 0 Å². The number of thiol groups is 1. The first-order valence-corrected chi connectivity index (χ1v) is 6.50. The number of rotatable bonds is 4. The van der Waals surface area contributed by atoms with Gasteiger partial charge in [-0.25, -0.2) is 0 Å². The highest BCUT2D eigenvalue weighted by atomic mass is 32.2. The Bertz CT molecular complexity index is 608. The van der Waals surface area contributed by atoms with E-state index in [4.69, 9.17) is 4.18 Å². The van der Waals surface area contributed by atoms with Crippen LogP contribution < -0.4 is 4.18 Å². The Kier molecular flexibility index (Phi) is 4.15. The first kappa shape index (κ1) is 12.4. The van der Waals surface area contributed by atoms with Crippen LogP contribution in [-0.2, 0) is 11.0 Å². The lowest BCUT2D eigenvalue weighted by Crippen LogP contribution is -1.91. The molecule has 0 aliphatic rings. The molecule has 0 aliphatic carbocycles. The maximum atomic E-state index is 10.6. The van der Waals surface area contributed by atoms with Gasteiger partial charge in [-0.3, -0.25) is 0 Å². The molecule has 2 aromatic rings. The lowest BCUT2D eigenvalue weighted by Gasteiger charge is -2.02. The molecule has 0 atom stereocenters. The van der Waals surface area contributed by atoms with Gasteiger partial charge in [-0.05, 0) is 11.6 Å². The van der Waals surface area contributed by atoms with Crippen LogP contribution >= 0.6 is 0 Å². The summed E-state index contributed by atoms with van der Waals surface area (Å²) in [6, 6.07) is 16.7. The molecule has 0 N–H and O–H groups in total. The maximum Gasteiger partial charge on any atom is 0.299 e. The third-order valence-electron chi connectivity index (χ3n) is 2.35. The van der Waals surface area contributed by atoms with Gasteiger partial charge in [0.05, 0.1) is 0 Å². The molecular formula is C14H12O3S. The first-order valence-electron chi connectivity index (χ1n) is 5.40. The zero-order chi connectivity index (χ0) is 12.8. The van der Waals surface area contributed by atoms with Crippen LogP contribution in [0.15, 0.2) is 54.6 Å². The summed E-state index contributed by atoms with van der Waals surface area (Å²) in [5, 5.41) is 0. The Morgan fingerprint density at radius 2 is 1.50 bits per heavy atom. The van der Waals surface area contributed by atoms with E-state index in [-0.39, 0.29) is 0 Å². The Morgan fingerprint density at radius 3 is 2.22 bits per heavy atom. The Morgan fingerprint density at radius 1 is 0.833 bits per heavy atom. The second-order valence-electron chi connectivity index (χ2n) is 3.60. The van der Waals surface area contributed by atoms with Gasteiger partial charge >= 0.3 is 0 Å². The summed E-state index contributed by atoms with van der Waals surface area (Å²) in [7, 11) is -2.89. The van der Waals surface area contributed by atoms with Gasteiger partial charge in [0.2, 0.25) is 0 Å². The first-order chi connectivity index (χ1) is 8.75. The fraction of sp³-hybridized carbons (Fsp3) is 0. The molecule has 92 valence electrons. The standard InChI is InChI=1S/C14H12O3S/c15-18(16)17-14-9-5-4-8-13(14)11-10-12-6-2-1-3-7-12/h1-11,18H. The summed E-state index contributed by atoms with van der Waals surface area (Å²) in [5.74, 6) is 0.334. The zero-order valence-corrected chi connectivity index (χ0v) is 10.4. The molecule has 2 rings (SSSR count). The molecule has 0 heterocycles. The highest BCUT2D eigenvalue weighted by Gasteiger charge is 2.00. The van der Waals surface area contributed by atoms with E-state index in [2.05, 4.69) is 0 Å². The molecule has 4 heteroatoms. The van der Waals surface area contributed by atoms with Gasteiger partial charge in [-0.1, -0.05) is 60.7 Å². The second kappa shape index (κ2) is 6.02. The number of para-hydroxylation sites is 1. The van der Waals surface area contributed by atoms with Crippen molar-refractivity contribution in [1.82, 2.24) is 0 Å². The normalized spacial score (nSPS) is 10.9. The van der Waals surface area contributed by atoms with E-state index in [9.17, 15) is 8.42 Å². The van der Waals surface area contributed by atoms with Gasteiger partial charge in [-0.2, -0.15) is 8.42 Å². The van der Waals surface area contributed by atoms with E-state index in [0.29, 0.717) is 5.75 Å². The van der Waals surface area contributed by atoms with Crippen LogP contribution in [-0.4, -0.2) is 8.42 Å². The van der Waals surface area contributed by atoms with E-state index in [0.717, 1.165) is 11.1 Å². The molecule has 3 nitrogen and oxygen atoms in total. The molecule has 0 radical (unpaired) electrons. The van der Waals surface area contributed by atoms with Gasteiger partial charge in [0.15, 0.2) is 0 Å². The molecule has 0 aromatic heterocycles. The third-order valence-corrected chi connectivity index (χ3v) is 2.69. The van der Waals surface area contributed by atoms with E-state index in [1.54, 1.807) is 18.2 Å². The molecule has 0 saturated heterocycles. The van der Waals surface area contributed by atoms with Gasteiger partial charge in [0, 0.05) is 5.56 Å². The van der Waals surface area contributed by atoms with Gasteiger partial charge in [0.25, 0.3) is 11.0 Å². The SMILES string of the molecule is O=[SH](=O)Oc1ccccc1C=Cc1ccccc1. The fourth-order valence-electron chi connectivity index (χ4n) is 1.53. The largest absolute Gasteiger partial charge is 0.384 e. The lowest BCUT2D eigenvalue weighted by molar-refractivity contribution is 0.510. The molecule has 0 fully saturated rings. The van der Waals surface area contributed by atoms with Gasteiger partial charge in [-0.15, -0.1) is 0 Å². The molecular weight excluding hydrogens is 248 g/mol. The topological polar surface area (TPSA) is 43.4 Å². The summed E-state index contributed by atoms with van der Waals surface area (Å²) in [6.07, 6.45) is 3.73. The minimum absolute atomic E-state index is 0.334. The predicted molar refractivity (Wildman–Crippen MR) is 72.8 cm³/mol. The average molecular weight is 260 g/mol. The van der Waals surface area contributed by atoms with E-state index in [1.165, 1.54) is 0 Å². The fourth-order valence-corrected chi connectivity index (χ4v) is 1.86. The lowest BCUT2D eigenvalue weighted by atomic mass is 10.1. The van der Waals surface area contributed by atoms with Crippen LogP contribution in [0.25, 0.3) is 12.2 Å². The smallest absolute Gasteiger partial charge is 0.299 e. The van der Waals surface area contributed by atoms with Crippen molar-refractivity contribution < 1.29 is 12.6 Å². The number of hydrogen-bond acceptors (Lipinski definition) is 3. The molecule has 0 bridgehead atoms. The summed E-state index contributed by atoms with van der Waals surface area (Å²) in [4.78, 5) is 0. The molecule has 0 aliphatic heterocycles. The van der Waals surface area contributed by atoms with Gasteiger partial charge < -0.3 is 4.18 Å². The van der Waals surface area contributed by atoms with Crippen molar-refractivity contribution in [1.29, 1.82) is 0 Å². The van der Waals surface area contributed by atoms with Crippen LogP contribution in [0.5, 0.6) is 5.75 Å². The molecule has 0 amide bonds. The quantitative estimate of drug-likeness (QED) is 0.679. The Hall–Kier alpha value is -2.07. The summed E-state index contributed by atoms with van der Waals surface area (Å²) < 4.78 is 25.9. The van der Waals surface area contributed by atoms with Crippen LogP contribution in [0, 0.1) is 0 Å². The van der Waals surface area contributed by atoms with Crippen LogP contribution in [0.3, 0.4) is 0 Å². The number of benzene rings is 2. The number of hydrogen-bond donors (Lipinski definition) is 1. The summed E-state index contributed by atoms with van der Waals surface area (Å²) in [6.45, 7) is 0. The Labute approximate surface area is 108 Å². The van der Waals surface area contributed by atoms with E-state index < -0.39 is 11.0 Å². The molecule has 2 aromatic carbocycles. The van der Waals surface area contributed by atoms with E-state index >= 15 is 0 Å². The van der Waals surface area contributed by atoms with Crippen molar-refractivity contribution in [3.8, 4) is 5.75 Å².